The maximum absolute atomic E-state index is 13.0. The van der Waals surface area contributed by atoms with Crippen molar-refractivity contribution in [2.24, 2.45) is 0 Å². The minimum atomic E-state index is -0.625. The molecule has 1 amide bonds. The molecular formula is C25H31N2O3+. The van der Waals surface area contributed by atoms with Crippen LogP contribution < -0.4 is 4.90 Å². The SMILES string of the molecule is Cc1ccc(C(O)=C2C(=O)C(=O)N(CC[NH+](C)C)[C@@H]2c2ccc(C(C)C)cc2)cc1. The fraction of sp³-hybridized carbons (Fsp3) is 0.360. The lowest BCUT2D eigenvalue weighted by molar-refractivity contribution is -0.857. The van der Waals surface area contributed by atoms with Gasteiger partial charge in [-0.3, -0.25) is 9.59 Å². The van der Waals surface area contributed by atoms with Crippen LogP contribution in [-0.4, -0.2) is 48.9 Å². The van der Waals surface area contributed by atoms with Gasteiger partial charge in [0.05, 0.1) is 38.8 Å². The zero-order valence-electron chi connectivity index (χ0n) is 18.4. The van der Waals surface area contributed by atoms with Gasteiger partial charge in [0, 0.05) is 5.56 Å². The number of quaternary nitrogens is 1. The van der Waals surface area contributed by atoms with E-state index in [1.807, 2.05) is 57.4 Å². The molecular weight excluding hydrogens is 376 g/mol. The van der Waals surface area contributed by atoms with E-state index in [9.17, 15) is 14.7 Å². The van der Waals surface area contributed by atoms with E-state index in [4.69, 9.17) is 0 Å². The van der Waals surface area contributed by atoms with Gasteiger partial charge in [0.25, 0.3) is 11.7 Å². The highest BCUT2D eigenvalue weighted by Crippen LogP contribution is 2.39. The summed E-state index contributed by atoms with van der Waals surface area (Å²) < 4.78 is 0. The fourth-order valence-electron chi connectivity index (χ4n) is 3.73. The average molecular weight is 408 g/mol. The Bertz CT molecular complexity index is 957. The van der Waals surface area contributed by atoms with Gasteiger partial charge in [-0.15, -0.1) is 0 Å². The number of carbonyl (C=O) groups is 2. The molecule has 1 fully saturated rings. The Hall–Kier alpha value is -2.92. The summed E-state index contributed by atoms with van der Waals surface area (Å²) in [6.07, 6.45) is 0. The Morgan fingerprint density at radius 1 is 1.03 bits per heavy atom. The van der Waals surface area contributed by atoms with Crippen LogP contribution in [0.4, 0.5) is 0 Å². The largest absolute Gasteiger partial charge is 0.507 e. The number of benzene rings is 2. The number of nitrogens with one attached hydrogen (secondary N) is 1. The van der Waals surface area contributed by atoms with Crippen molar-refractivity contribution in [3.63, 3.8) is 0 Å². The molecule has 30 heavy (non-hydrogen) atoms. The second-order valence-corrected chi connectivity index (χ2v) is 8.64. The van der Waals surface area contributed by atoms with Gasteiger partial charge < -0.3 is 14.9 Å². The lowest BCUT2D eigenvalue weighted by Gasteiger charge is -2.26. The van der Waals surface area contributed by atoms with Gasteiger partial charge in [-0.1, -0.05) is 67.9 Å². The first-order chi connectivity index (χ1) is 14.2. The Balaban J connectivity index is 2.12. The molecule has 5 nitrogen and oxygen atoms in total. The molecule has 0 radical (unpaired) electrons. The molecule has 1 saturated heterocycles. The highest BCUT2D eigenvalue weighted by atomic mass is 16.3. The van der Waals surface area contributed by atoms with E-state index in [0.717, 1.165) is 11.1 Å². The zero-order chi connectivity index (χ0) is 22.0. The quantitative estimate of drug-likeness (QED) is 0.440. The van der Waals surface area contributed by atoms with Crippen molar-refractivity contribution in [3.8, 4) is 0 Å². The smallest absolute Gasteiger partial charge is 0.295 e. The highest BCUT2D eigenvalue weighted by Gasteiger charge is 2.46. The molecule has 0 bridgehead atoms. The Kier molecular flexibility index (Phi) is 6.42. The van der Waals surface area contributed by atoms with Gasteiger partial charge in [-0.2, -0.15) is 0 Å². The van der Waals surface area contributed by atoms with Crippen LogP contribution in [0.1, 0.15) is 48.1 Å². The number of aliphatic hydroxyl groups is 1. The number of ketones is 1. The summed E-state index contributed by atoms with van der Waals surface area (Å²) in [5.74, 6) is -0.913. The van der Waals surface area contributed by atoms with Crippen molar-refractivity contribution in [1.29, 1.82) is 0 Å². The van der Waals surface area contributed by atoms with Gasteiger partial charge in [0.1, 0.15) is 5.76 Å². The number of aliphatic hydroxyl groups excluding tert-OH is 1. The lowest BCUT2D eigenvalue weighted by atomic mass is 9.93. The molecule has 158 valence electrons. The van der Waals surface area contributed by atoms with Crippen LogP contribution in [0.25, 0.3) is 5.76 Å². The number of rotatable bonds is 6. The predicted octanol–water partition coefficient (Wildman–Crippen LogP) is 2.68. The molecule has 1 atom stereocenters. The first kappa shape index (κ1) is 21.8. The van der Waals surface area contributed by atoms with Gasteiger partial charge >= 0.3 is 0 Å². The Morgan fingerprint density at radius 2 is 1.63 bits per heavy atom. The number of aryl methyl sites for hydroxylation is 1. The number of carbonyl (C=O) groups excluding carboxylic acids is 2. The predicted molar refractivity (Wildman–Crippen MR) is 118 cm³/mol. The van der Waals surface area contributed by atoms with Crippen LogP contribution in [0.2, 0.25) is 0 Å². The maximum atomic E-state index is 13.0. The summed E-state index contributed by atoms with van der Waals surface area (Å²) in [6, 6.07) is 14.7. The number of likely N-dealkylation sites (N-methyl/N-ethyl adjacent to an activating group) is 1. The standard InChI is InChI=1S/C25H30N2O3/c1-16(2)18-10-12-19(13-11-18)22-21(23(28)20-8-6-17(3)7-9-20)24(29)25(30)27(22)15-14-26(4)5/h6-13,16,22,28H,14-15H2,1-5H3/p+1/t22-/m1/s1. The van der Waals surface area contributed by atoms with E-state index in [0.29, 0.717) is 24.6 Å². The van der Waals surface area contributed by atoms with E-state index < -0.39 is 17.7 Å². The summed E-state index contributed by atoms with van der Waals surface area (Å²) in [6.45, 7) is 7.35. The average Bonchev–Trinajstić information content (AvgIpc) is 2.97. The molecule has 0 unspecified atom stereocenters. The van der Waals surface area contributed by atoms with Crippen LogP contribution in [0.5, 0.6) is 0 Å². The van der Waals surface area contributed by atoms with Gasteiger partial charge in [0.15, 0.2) is 0 Å². The minimum absolute atomic E-state index is 0.119. The summed E-state index contributed by atoms with van der Waals surface area (Å²) in [5.41, 5.74) is 3.78. The summed E-state index contributed by atoms with van der Waals surface area (Å²) in [4.78, 5) is 28.7. The number of hydrogen-bond donors (Lipinski definition) is 2. The summed E-state index contributed by atoms with van der Waals surface area (Å²) >= 11 is 0. The molecule has 1 aliphatic heterocycles. The first-order valence-corrected chi connectivity index (χ1v) is 10.4. The van der Waals surface area contributed by atoms with Crippen molar-refractivity contribution in [2.45, 2.75) is 32.7 Å². The highest BCUT2D eigenvalue weighted by molar-refractivity contribution is 6.46. The van der Waals surface area contributed by atoms with Crippen molar-refractivity contribution < 1.29 is 19.6 Å². The Morgan fingerprint density at radius 3 is 2.17 bits per heavy atom. The molecule has 2 aromatic carbocycles. The Labute approximate surface area is 178 Å². The number of nitrogens with zero attached hydrogens (tertiary/aromatic N) is 1. The molecule has 1 heterocycles. The molecule has 5 heteroatoms. The molecule has 0 saturated carbocycles. The molecule has 3 rings (SSSR count). The third kappa shape index (κ3) is 4.31. The third-order valence-corrected chi connectivity index (χ3v) is 5.64. The number of hydrogen-bond acceptors (Lipinski definition) is 3. The van der Waals surface area contributed by atoms with Crippen LogP contribution in [0.15, 0.2) is 54.1 Å². The summed E-state index contributed by atoms with van der Waals surface area (Å²) in [7, 11) is 4.02. The molecule has 0 aliphatic carbocycles. The maximum Gasteiger partial charge on any atom is 0.295 e. The van der Waals surface area contributed by atoms with Crippen LogP contribution in [0.3, 0.4) is 0 Å². The van der Waals surface area contributed by atoms with E-state index in [-0.39, 0.29) is 11.3 Å². The minimum Gasteiger partial charge on any atom is -0.507 e. The topological polar surface area (TPSA) is 62.0 Å². The number of Topliss-reactive ketones (excluding diaryl/α,β-unsaturated/α-hetero) is 1. The first-order valence-electron chi connectivity index (χ1n) is 10.4. The van der Waals surface area contributed by atoms with Gasteiger partial charge in [-0.05, 0) is 24.0 Å². The third-order valence-electron chi connectivity index (χ3n) is 5.64. The number of amides is 1. The normalized spacial score (nSPS) is 18.6. The van der Waals surface area contributed by atoms with Gasteiger partial charge in [-0.25, -0.2) is 0 Å². The van der Waals surface area contributed by atoms with E-state index in [2.05, 4.69) is 13.8 Å². The molecule has 1 aliphatic rings. The van der Waals surface area contributed by atoms with Crippen molar-refractivity contribution >= 4 is 17.4 Å². The van der Waals surface area contributed by atoms with Gasteiger partial charge in [0.2, 0.25) is 0 Å². The van der Waals surface area contributed by atoms with Crippen LogP contribution in [0, 0.1) is 6.92 Å². The monoisotopic (exact) mass is 407 g/mol. The second-order valence-electron chi connectivity index (χ2n) is 8.64. The molecule has 0 spiro atoms. The zero-order valence-corrected chi connectivity index (χ0v) is 18.4. The number of likely N-dealkylation sites (tertiary alicyclic amines) is 1. The lowest BCUT2D eigenvalue weighted by Crippen LogP contribution is -3.06. The summed E-state index contributed by atoms with van der Waals surface area (Å²) in [5, 5.41) is 11.0. The van der Waals surface area contributed by atoms with E-state index >= 15 is 0 Å². The van der Waals surface area contributed by atoms with Crippen molar-refractivity contribution in [2.75, 3.05) is 27.2 Å². The van der Waals surface area contributed by atoms with Crippen molar-refractivity contribution in [3.05, 3.63) is 76.4 Å². The van der Waals surface area contributed by atoms with E-state index in [1.165, 1.54) is 10.5 Å². The van der Waals surface area contributed by atoms with Crippen molar-refractivity contribution in [1.82, 2.24) is 4.90 Å². The van der Waals surface area contributed by atoms with Crippen LogP contribution >= 0.6 is 0 Å². The van der Waals surface area contributed by atoms with E-state index in [1.54, 1.807) is 17.0 Å². The van der Waals surface area contributed by atoms with Crippen LogP contribution in [-0.2, 0) is 9.59 Å². The second kappa shape index (κ2) is 8.84. The molecule has 2 N–H and O–H groups in total. The molecule has 2 aromatic rings. The fourth-order valence-corrected chi connectivity index (χ4v) is 3.73. The molecule has 0 aromatic heterocycles.